The molecule has 0 saturated carbocycles. The van der Waals surface area contributed by atoms with Crippen molar-refractivity contribution in [3.8, 4) is 0 Å². The molecule has 0 N–H and O–H groups in total. The molecule has 1 fully saturated rings. The van der Waals surface area contributed by atoms with Gasteiger partial charge in [0, 0.05) is 38.6 Å². The molecule has 1 amide bonds. The first-order valence-corrected chi connectivity index (χ1v) is 3.78. The summed E-state index contributed by atoms with van der Waals surface area (Å²) in [6, 6.07) is 0. The molecule has 0 aromatic carbocycles. The third-order valence-corrected chi connectivity index (χ3v) is 1.53. The van der Waals surface area contributed by atoms with E-state index in [0.29, 0.717) is 13.2 Å². The number of rotatable bonds is 1. The van der Waals surface area contributed by atoms with E-state index in [1.807, 2.05) is 13.8 Å². The Kier molecular flexibility index (Phi) is 6.33. The number of morpholine rings is 1. The molecule has 0 aromatic rings. The van der Waals surface area contributed by atoms with Crippen LogP contribution in [0.1, 0.15) is 13.8 Å². The molecule has 1 radical (unpaired) electrons. The Morgan fingerprint density at radius 2 is 1.92 bits per heavy atom. The van der Waals surface area contributed by atoms with Gasteiger partial charge in [-0.3, -0.25) is 4.79 Å². The number of carbonyl (C=O) groups is 1. The summed E-state index contributed by atoms with van der Waals surface area (Å²) in [4.78, 5) is 12.9. The fraction of sp³-hybridized carbons (Fsp3) is 0.625. The van der Waals surface area contributed by atoms with Gasteiger partial charge < -0.3 is 9.64 Å². The molecule has 1 aliphatic rings. The second-order valence-corrected chi connectivity index (χ2v) is 2.80. The Labute approximate surface area is 98.7 Å². The summed E-state index contributed by atoms with van der Waals surface area (Å²) in [7, 11) is 0. The van der Waals surface area contributed by atoms with Crippen LogP contribution >= 0.6 is 0 Å². The standard InChI is InChI=1S/C8H13NO2.Y/c1-7(2)8(10)9-3-5-11-6-4-9;/h3-4,7H,5-6H2,1-2H3;/q-2;. The number of amides is 1. The molecule has 0 atom stereocenters. The van der Waals surface area contributed by atoms with Crippen molar-refractivity contribution in [2.24, 2.45) is 5.92 Å². The van der Waals surface area contributed by atoms with Crippen LogP contribution in [0.25, 0.3) is 0 Å². The fourth-order valence-electron chi connectivity index (χ4n) is 0.887. The largest absolute Gasteiger partial charge is 0.632 e. The van der Waals surface area contributed by atoms with E-state index in [4.69, 9.17) is 4.74 Å². The number of nitrogens with zero attached hydrogens (tertiary/aromatic N) is 1. The van der Waals surface area contributed by atoms with E-state index in [1.54, 1.807) is 18.0 Å². The van der Waals surface area contributed by atoms with Gasteiger partial charge in [-0.2, -0.15) is 0 Å². The molecule has 1 saturated heterocycles. The van der Waals surface area contributed by atoms with Gasteiger partial charge in [0.2, 0.25) is 0 Å². The molecule has 12 heavy (non-hydrogen) atoms. The predicted molar refractivity (Wildman–Crippen MR) is 41.1 cm³/mol. The maximum absolute atomic E-state index is 11.3. The molecule has 3 nitrogen and oxygen atoms in total. The van der Waals surface area contributed by atoms with E-state index < -0.39 is 0 Å². The molecule has 0 aliphatic carbocycles. The molecular weight excluding hydrogens is 231 g/mol. The Hall–Kier alpha value is 0.534. The molecule has 1 rings (SSSR count). The Morgan fingerprint density at radius 3 is 2.33 bits per heavy atom. The average molecular weight is 244 g/mol. The second-order valence-electron chi connectivity index (χ2n) is 2.80. The van der Waals surface area contributed by atoms with E-state index in [-0.39, 0.29) is 44.5 Å². The monoisotopic (exact) mass is 244 g/mol. The van der Waals surface area contributed by atoms with Gasteiger partial charge in [0.25, 0.3) is 0 Å². The Balaban J connectivity index is 0.00000121. The van der Waals surface area contributed by atoms with Crippen LogP contribution in [-0.4, -0.2) is 24.0 Å². The molecule has 67 valence electrons. The summed E-state index contributed by atoms with van der Waals surface area (Å²) in [6.07, 6.45) is 0. The van der Waals surface area contributed by atoms with E-state index >= 15 is 0 Å². The van der Waals surface area contributed by atoms with Crippen molar-refractivity contribution >= 4 is 5.91 Å². The van der Waals surface area contributed by atoms with Gasteiger partial charge >= 0.3 is 0 Å². The summed E-state index contributed by atoms with van der Waals surface area (Å²) in [5.74, 6) is 0.189. The van der Waals surface area contributed by atoms with Gasteiger partial charge in [-0.05, 0) is 0 Å². The van der Waals surface area contributed by atoms with Crippen molar-refractivity contribution in [3.63, 3.8) is 0 Å². The van der Waals surface area contributed by atoms with E-state index in [2.05, 4.69) is 0 Å². The van der Waals surface area contributed by atoms with Gasteiger partial charge in [-0.1, -0.05) is 27.1 Å². The van der Waals surface area contributed by atoms with Gasteiger partial charge in [-0.25, -0.2) is 13.1 Å². The number of hydrogen-bond donors (Lipinski definition) is 0. The van der Waals surface area contributed by atoms with Crippen molar-refractivity contribution in [2.45, 2.75) is 13.8 Å². The molecule has 1 aliphatic heterocycles. The summed E-state index contributed by atoms with van der Waals surface area (Å²) < 4.78 is 5.02. The molecule has 1 heterocycles. The van der Waals surface area contributed by atoms with E-state index in [1.165, 1.54) is 0 Å². The van der Waals surface area contributed by atoms with Gasteiger partial charge in [0.1, 0.15) is 0 Å². The van der Waals surface area contributed by atoms with Crippen LogP contribution in [0, 0.1) is 19.0 Å². The van der Waals surface area contributed by atoms with Crippen LogP contribution in [0.2, 0.25) is 0 Å². The molecular formula is C8H13NO2Y-2. The summed E-state index contributed by atoms with van der Waals surface area (Å²) in [6.45, 7) is 8.36. The van der Waals surface area contributed by atoms with Crippen molar-refractivity contribution in [1.82, 2.24) is 4.90 Å². The zero-order valence-electron chi connectivity index (χ0n) is 7.49. The van der Waals surface area contributed by atoms with Gasteiger partial charge in [0.15, 0.2) is 5.91 Å². The third-order valence-electron chi connectivity index (χ3n) is 1.53. The summed E-state index contributed by atoms with van der Waals surface area (Å²) >= 11 is 0. The van der Waals surface area contributed by atoms with Crippen molar-refractivity contribution in [1.29, 1.82) is 0 Å². The average Bonchev–Trinajstić information content (AvgIpc) is 2.05. The number of carbonyl (C=O) groups excluding carboxylic acids is 1. The second kappa shape index (κ2) is 6.06. The fourth-order valence-corrected chi connectivity index (χ4v) is 0.887. The predicted octanol–water partition coefficient (Wildman–Crippen LogP) is 0.822. The van der Waals surface area contributed by atoms with Crippen LogP contribution in [0.3, 0.4) is 0 Å². The molecule has 4 heteroatoms. The number of ether oxygens (including phenoxy) is 1. The minimum absolute atomic E-state index is 0. The van der Waals surface area contributed by atoms with Crippen LogP contribution in [-0.2, 0) is 42.2 Å². The van der Waals surface area contributed by atoms with Crippen molar-refractivity contribution in [2.75, 3.05) is 13.2 Å². The first-order chi connectivity index (χ1) is 5.22. The molecule has 0 spiro atoms. The molecule has 0 unspecified atom stereocenters. The van der Waals surface area contributed by atoms with E-state index in [0.717, 1.165) is 0 Å². The SMILES string of the molecule is CC(C)C(=O)N1[CH-]COC[CH-]1.[Y]. The first kappa shape index (κ1) is 12.5. The maximum Gasteiger partial charge on any atom is 0.168 e. The molecule has 0 bridgehead atoms. The summed E-state index contributed by atoms with van der Waals surface area (Å²) in [5, 5.41) is 0. The zero-order chi connectivity index (χ0) is 8.27. The maximum atomic E-state index is 11.3. The van der Waals surface area contributed by atoms with Gasteiger partial charge in [0.05, 0.1) is 0 Å². The minimum Gasteiger partial charge on any atom is -0.632 e. The quantitative estimate of drug-likeness (QED) is 0.639. The van der Waals surface area contributed by atoms with Crippen LogP contribution in [0.5, 0.6) is 0 Å². The van der Waals surface area contributed by atoms with E-state index in [9.17, 15) is 4.79 Å². The normalized spacial score (nSPS) is 17.4. The van der Waals surface area contributed by atoms with Crippen molar-refractivity contribution < 1.29 is 42.2 Å². The smallest absolute Gasteiger partial charge is 0.168 e. The van der Waals surface area contributed by atoms with Crippen LogP contribution in [0.15, 0.2) is 0 Å². The van der Waals surface area contributed by atoms with Crippen LogP contribution < -0.4 is 0 Å². The minimum atomic E-state index is 0. The summed E-state index contributed by atoms with van der Waals surface area (Å²) in [5.41, 5.74) is 0. The van der Waals surface area contributed by atoms with Crippen molar-refractivity contribution in [3.05, 3.63) is 13.1 Å². The first-order valence-electron chi connectivity index (χ1n) is 3.78. The Bertz CT molecular complexity index is 144. The van der Waals surface area contributed by atoms with Gasteiger partial charge in [-0.15, -0.1) is 0 Å². The van der Waals surface area contributed by atoms with Crippen LogP contribution in [0.4, 0.5) is 0 Å². The molecule has 0 aromatic heterocycles. The zero-order valence-corrected chi connectivity index (χ0v) is 10.3. The topological polar surface area (TPSA) is 29.5 Å². The third kappa shape index (κ3) is 3.50. The Morgan fingerprint density at radius 1 is 1.42 bits per heavy atom. The number of hydrogen-bond acceptors (Lipinski definition) is 2.